The van der Waals surface area contributed by atoms with Crippen molar-refractivity contribution in [2.75, 3.05) is 21.3 Å². The summed E-state index contributed by atoms with van der Waals surface area (Å²) in [4.78, 5) is 13.3. The van der Waals surface area contributed by atoms with Crippen molar-refractivity contribution < 1.29 is 24.1 Å². The van der Waals surface area contributed by atoms with Crippen LogP contribution in [0.3, 0.4) is 0 Å². The average molecular weight is 355 g/mol. The maximum absolute atomic E-state index is 13.3. The summed E-state index contributed by atoms with van der Waals surface area (Å²) in [5.74, 6) is 1.01. The molecule has 0 amide bonds. The van der Waals surface area contributed by atoms with Gasteiger partial charge in [0.1, 0.15) is 0 Å². The molecule has 0 bridgehead atoms. The number of aliphatic hydroxyl groups excluding tert-OH is 1. The summed E-state index contributed by atoms with van der Waals surface area (Å²) in [5, 5.41) is 10.6. The summed E-state index contributed by atoms with van der Waals surface area (Å²) in [7, 11) is 4.52. The van der Waals surface area contributed by atoms with Gasteiger partial charge in [-0.15, -0.1) is 0 Å². The van der Waals surface area contributed by atoms with E-state index in [9.17, 15) is 9.90 Å². The Morgan fingerprint density at radius 1 is 1.04 bits per heavy atom. The number of nitrogens with zero attached hydrogens (tertiary/aromatic N) is 1. The van der Waals surface area contributed by atoms with Crippen molar-refractivity contribution in [2.45, 2.75) is 13.5 Å². The molecule has 0 radical (unpaired) electrons. The first-order valence-corrected chi connectivity index (χ1v) is 8.11. The highest BCUT2D eigenvalue weighted by molar-refractivity contribution is 6.04. The van der Waals surface area contributed by atoms with Crippen molar-refractivity contribution in [1.82, 2.24) is 4.57 Å². The number of rotatable bonds is 5. The average Bonchev–Trinajstić information content (AvgIpc) is 2.97. The molecule has 6 nitrogen and oxygen atoms in total. The molecule has 0 atom stereocenters. The largest absolute Gasteiger partial charge is 0.493 e. The van der Waals surface area contributed by atoms with Gasteiger partial charge in [-0.05, 0) is 25.1 Å². The third-order valence-electron chi connectivity index (χ3n) is 4.52. The fourth-order valence-electron chi connectivity index (χ4n) is 3.23. The van der Waals surface area contributed by atoms with Gasteiger partial charge in [0.2, 0.25) is 5.75 Å². The molecule has 26 heavy (non-hydrogen) atoms. The first-order chi connectivity index (χ1) is 12.6. The number of carbonyl (C=O) groups excluding carboxylic acids is 1. The molecular formula is C20H21NO5. The standard InChI is InChI=1S/C20H21NO5/c1-12-15(11-22)14-7-5-6-8-16(14)21(12)20(23)13-9-17(24-2)19(26-4)18(10-13)25-3/h5-10,22H,11H2,1-4H3. The van der Waals surface area contributed by atoms with Gasteiger partial charge in [-0.2, -0.15) is 0 Å². The van der Waals surface area contributed by atoms with Gasteiger partial charge in [-0.1, -0.05) is 18.2 Å². The molecular weight excluding hydrogens is 334 g/mol. The van der Waals surface area contributed by atoms with E-state index >= 15 is 0 Å². The molecule has 0 aliphatic rings. The molecule has 1 heterocycles. The Morgan fingerprint density at radius 2 is 1.65 bits per heavy atom. The minimum absolute atomic E-state index is 0.137. The summed E-state index contributed by atoms with van der Waals surface area (Å²) >= 11 is 0. The van der Waals surface area contributed by atoms with Gasteiger partial charge in [0.15, 0.2) is 11.5 Å². The zero-order valence-corrected chi connectivity index (χ0v) is 15.2. The summed E-state index contributed by atoms with van der Waals surface area (Å²) in [6.07, 6.45) is 0. The molecule has 0 unspecified atom stereocenters. The van der Waals surface area contributed by atoms with Gasteiger partial charge in [0, 0.05) is 22.2 Å². The van der Waals surface area contributed by atoms with Crippen LogP contribution in [0.25, 0.3) is 10.9 Å². The number of carbonyl (C=O) groups is 1. The Bertz CT molecular complexity index is 949. The van der Waals surface area contributed by atoms with Gasteiger partial charge in [0.05, 0.1) is 33.5 Å². The molecule has 2 aromatic carbocycles. The van der Waals surface area contributed by atoms with Gasteiger partial charge in [0.25, 0.3) is 5.91 Å². The van der Waals surface area contributed by atoms with Gasteiger partial charge < -0.3 is 19.3 Å². The van der Waals surface area contributed by atoms with Crippen molar-refractivity contribution in [3.05, 3.63) is 53.2 Å². The number of hydrogen-bond acceptors (Lipinski definition) is 5. The van der Waals surface area contributed by atoms with Gasteiger partial charge in [-0.25, -0.2) is 0 Å². The highest BCUT2D eigenvalue weighted by atomic mass is 16.5. The van der Waals surface area contributed by atoms with E-state index in [2.05, 4.69) is 0 Å². The van der Waals surface area contributed by atoms with Gasteiger partial charge in [-0.3, -0.25) is 9.36 Å². The van der Waals surface area contributed by atoms with Gasteiger partial charge >= 0.3 is 0 Å². The number of methoxy groups -OCH3 is 3. The molecule has 0 saturated heterocycles. The van der Waals surface area contributed by atoms with Crippen LogP contribution in [-0.2, 0) is 6.61 Å². The summed E-state index contributed by atoms with van der Waals surface area (Å²) in [6.45, 7) is 1.68. The lowest BCUT2D eigenvalue weighted by Gasteiger charge is -2.14. The molecule has 1 aromatic heterocycles. The van der Waals surface area contributed by atoms with Crippen molar-refractivity contribution in [3.63, 3.8) is 0 Å². The van der Waals surface area contributed by atoms with Crippen LogP contribution in [-0.4, -0.2) is 36.9 Å². The SMILES string of the molecule is COc1cc(C(=O)n2c(C)c(CO)c3ccccc32)cc(OC)c1OC. The molecule has 0 spiro atoms. The maximum atomic E-state index is 13.3. The lowest BCUT2D eigenvalue weighted by atomic mass is 10.1. The Labute approximate surface area is 151 Å². The molecule has 3 rings (SSSR count). The second-order valence-corrected chi connectivity index (χ2v) is 5.79. The van der Waals surface area contributed by atoms with E-state index in [1.807, 2.05) is 31.2 Å². The lowest BCUT2D eigenvalue weighted by Crippen LogP contribution is -2.14. The van der Waals surface area contributed by atoms with E-state index in [-0.39, 0.29) is 12.5 Å². The molecule has 0 fully saturated rings. The molecule has 0 aliphatic heterocycles. The summed E-state index contributed by atoms with van der Waals surface area (Å²) < 4.78 is 17.6. The maximum Gasteiger partial charge on any atom is 0.262 e. The first kappa shape index (κ1) is 17.8. The van der Waals surface area contributed by atoms with Crippen molar-refractivity contribution in [3.8, 4) is 17.2 Å². The molecule has 136 valence electrons. The predicted molar refractivity (Wildman–Crippen MR) is 98.4 cm³/mol. The van der Waals surface area contributed by atoms with Crippen LogP contribution in [0.2, 0.25) is 0 Å². The highest BCUT2D eigenvalue weighted by Gasteiger charge is 2.22. The number of benzene rings is 2. The zero-order valence-electron chi connectivity index (χ0n) is 15.2. The summed E-state index contributed by atoms with van der Waals surface area (Å²) in [5.41, 5.74) is 2.58. The van der Waals surface area contributed by atoms with Crippen LogP contribution in [0.15, 0.2) is 36.4 Å². The number of ether oxygens (including phenoxy) is 3. The second kappa shape index (κ2) is 7.09. The van der Waals surface area contributed by atoms with E-state index in [1.165, 1.54) is 21.3 Å². The second-order valence-electron chi connectivity index (χ2n) is 5.79. The Hall–Kier alpha value is -2.99. The number of hydrogen-bond donors (Lipinski definition) is 1. The van der Waals surface area contributed by atoms with Crippen LogP contribution in [0.4, 0.5) is 0 Å². The zero-order chi connectivity index (χ0) is 18.8. The van der Waals surface area contributed by atoms with Crippen LogP contribution in [0.1, 0.15) is 21.6 Å². The fourth-order valence-corrected chi connectivity index (χ4v) is 3.23. The number of aliphatic hydroxyl groups is 1. The van der Waals surface area contributed by atoms with E-state index in [0.717, 1.165) is 16.5 Å². The Kier molecular flexibility index (Phi) is 4.86. The van der Waals surface area contributed by atoms with Crippen LogP contribution < -0.4 is 14.2 Å². The Balaban J connectivity index is 2.23. The quantitative estimate of drug-likeness (QED) is 0.761. The number of fused-ring (bicyclic) bond motifs is 1. The van der Waals surface area contributed by atoms with Crippen molar-refractivity contribution >= 4 is 16.8 Å². The number of para-hydroxylation sites is 1. The molecule has 6 heteroatoms. The molecule has 1 N–H and O–H groups in total. The topological polar surface area (TPSA) is 69.9 Å². The van der Waals surface area contributed by atoms with Crippen LogP contribution in [0.5, 0.6) is 17.2 Å². The molecule has 0 saturated carbocycles. The summed E-state index contributed by atoms with van der Waals surface area (Å²) in [6, 6.07) is 10.7. The first-order valence-electron chi connectivity index (χ1n) is 8.11. The van der Waals surface area contributed by atoms with Crippen LogP contribution >= 0.6 is 0 Å². The lowest BCUT2D eigenvalue weighted by molar-refractivity contribution is 0.0962. The third kappa shape index (κ3) is 2.68. The molecule has 3 aromatic rings. The monoisotopic (exact) mass is 355 g/mol. The van der Waals surface area contributed by atoms with E-state index in [0.29, 0.717) is 28.5 Å². The van der Waals surface area contributed by atoms with Crippen LogP contribution in [0, 0.1) is 6.92 Å². The third-order valence-corrected chi connectivity index (χ3v) is 4.52. The highest BCUT2D eigenvalue weighted by Crippen LogP contribution is 2.39. The smallest absolute Gasteiger partial charge is 0.262 e. The normalized spacial score (nSPS) is 10.8. The minimum Gasteiger partial charge on any atom is -0.493 e. The van der Waals surface area contributed by atoms with E-state index in [4.69, 9.17) is 14.2 Å². The molecule has 0 aliphatic carbocycles. The fraction of sp³-hybridized carbons (Fsp3) is 0.250. The van der Waals surface area contributed by atoms with Crippen molar-refractivity contribution in [1.29, 1.82) is 0 Å². The van der Waals surface area contributed by atoms with E-state index < -0.39 is 0 Å². The van der Waals surface area contributed by atoms with E-state index in [1.54, 1.807) is 16.7 Å². The van der Waals surface area contributed by atoms with Crippen molar-refractivity contribution in [2.24, 2.45) is 0 Å². The predicted octanol–water partition coefficient (Wildman–Crippen LogP) is 3.16. The minimum atomic E-state index is -0.238. The Morgan fingerprint density at radius 3 is 2.19 bits per heavy atom. The number of aromatic nitrogens is 1.